The molecule has 1 amide bonds. The van der Waals surface area contributed by atoms with Gasteiger partial charge in [-0.2, -0.15) is 0 Å². The number of alkyl halides is 1. The van der Waals surface area contributed by atoms with Gasteiger partial charge in [0.05, 0.1) is 25.0 Å². The van der Waals surface area contributed by atoms with Gasteiger partial charge in [-0.3, -0.25) is 14.2 Å². The van der Waals surface area contributed by atoms with Crippen molar-refractivity contribution in [3.8, 4) is 5.82 Å². The number of rotatable bonds is 7. The van der Waals surface area contributed by atoms with Crippen LogP contribution in [0, 0.1) is 0 Å². The third kappa shape index (κ3) is 4.60. The van der Waals surface area contributed by atoms with E-state index in [2.05, 4.69) is 80.4 Å². The minimum Gasteiger partial charge on any atom is -0.329 e. The highest BCUT2D eigenvalue weighted by atomic mass is 35.5. The van der Waals surface area contributed by atoms with Gasteiger partial charge in [-0.25, -0.2) is 4.68 Å². The maximum absolute atomic E-state index is 11.8. The third-order valence-corrected chi connectivity index (χ3v) is 7.60. The molecule has 3 aromatic rings. The van der Waals surface area contributed by atoms with E-state index in [0.717, 1.165) is 72.1 Å². The molecule has 3 aliphatic heterocycles. The highest BCUT2D eigenvalue weighted by molar-refractivity contribution is 6.40. The first-order valence-corrected chi connectivity index (χ1v) is 14.0. The van der Waals surface area contributed by atoms with Crippen LogP contribution < -0.4 is 5.32 Å². The average molecular weight is 528 g/mol. The molecule has 0 bridgehead atoms. The van der Waals surface area contributed by atoms with E-state index in [-0.39, 0.29) is 11.8 Å². The molecular formula is C28H31BClN7O+. The molecule has 1 saturated heterocycles. The SMILES string of the molecule is CCCCc1cn(-c2ccc3n2[B]N2C(=C3c3ccc(NC(=O)CCl)cc3)C=CC2=[N+]2CCCCC2)nn1. The predicted octanol–water partition coefficient (Wildman–Crippen LogP) is 4.21. The van der Waals surface area contributed by atoms with Crippen molar-refractivity contribution in [2.24, 2.45) is 0 Å². The number of nitrogens with one attached hydrogen (secondary N) is 1. The second-order valence-corrected chi connectivity index (χ2v) is 10.2. The van der Waals surface area contributed by atoms with Crippen LogP contribution in [0.1, 0.15) is 56.0 Å². The Balaban J connectivity index is 1.43. The number of hydrogen-bond donors (Lipinski definition) is 1. The molecule has 8 nitrogen and oxygen atoms in total. The van der Waals surface area contributed by atoms with E-state index in [9.17, 15) is 4.79 Å². The van der Waals surface area contributed by atoms with E-state index in [1.807, 2.05) is 23.0 Å². The second kappa shape index (κ2) is 10.7. The summed E-state index contributed by atoms with van der Waals surface area (Å²) in [6.07, 6.45) is 13.4. The van der Waals surface area contributed by atoms with Crippen molar-refractivity contribution in [1.29, 1.82) is 0 Å². The Morgan fingerprint density at radius 3 is 2.68 bits per heavy atom. The van der Waals surface area contributed by atoms with Gasteiger partial charge in [0.1, 0.15) is 17.4 Å². The van der Waals surface area contributed by atoms with Gasteiger partial charge in [0.2, 0.25) is 5.91 Å². The zero-order valence-corrected chi connectivity index (χ0v) is 22.4. The van der Waals surface area contributed by atoms with E-state index in [4.69, 9.17) is 11.6 Å². The Morgan fingerprint density at radius 2 is 1.92 bits per heavy atom. The summed E-state index contributed by atoms with van der Waals surface area (Å²) >= 11 is 5.67. The van der Waals surface area contributed by atoms with Crippen molar-refractivity contribution in [2.75, 3.05) is 24.3 Å². The number of nitrogens with zero attached hydrogens (tertiary/aromatic N) is 6. The standard InChI is InChI=1S/C28H30BClN7O/c1-2-3-7-22-19-35(33-32-22)27-15-13-24-28(20-8-10-21(11-9-20)31-25(38)18-30)23-12-14-26(36(23)29-37(24)27)34-16-5-4-6-17-34/h8-15,19H,2-7,16-18H2,1H3/p+1. The first kappa shape index (κ1) is 24.7. The van der Waals surface area contributed by atoms with Gasteiger partial charge < -0.3 is 9.79 Å². The number of carbonyl (C=O) groups is 1. The first-order valence-electron chi connectivity index (χ1n) is 13.4. The zero-order valence-electron chi connectivity index (χ0n) is 21.6. The fourth-order valence-electron chi connectivity index (χ4n) is 5.43. The summed E-state index contributed by atoms with van der Waals surface area (Å²) < 4.78 is 6.57. The number of allylic oxidation sites excluding steroid dienone is 1. The van der Waals surface area contributed by atoms with Crippen LogP contribution in [-0.2, 0) is 11.2 Å². The summed E-state index contributed by atoms with van der Waals surface area (Å²) in [5.41, 5.74) is 6.15. The lowest BCUT2D eigenvalue weighted by atomic mass is 9.91. The van der Waals surface area contributed by atoms with Crippen molar-refractivity contribution >= 4 is 42.2 Å². The van der Waals surface area contributed by atoms with Crippen molar-refractivity contribution < 1.29 is 9.37 Å². The van der Waals surface area contributed by atoms with E-state index in [0.29, 0.717) is 0 Å². The van der Waals surface area contributed by atoms with E-state index >= 15 is 0 Å². The number of aromatic nitrogens is 4. The Kier molecular flexibility index (Phi) is 6.93. The van der Waals surface area contributed by atoms with E-state index in [1.54, 1.807) is 0 Å². The molecule has 6 rings (SSSR count). The molecule has 38 heavy (non-hydrogen) atoms. The van der Waals surface area contributed by atoms with Gasteiger partial charge in [-0.15, -0.1) is 16.7 Å². The molecule has 2 aromatic heterocycles. The molecule has 0 spiro atoms. The molecule has 0 saturated carbocycles. The van der Waals surface area contributed by atoms with Crippen LogP contribution >= 0.6 is 11.6 Å². The number of amides is 1. The monoisotopic (exact) mass is 527 g/mol. The maximum atomic E-state index is 11.8. The van der Waals surface area contributed by atoms with Gasteiger partial charge in [0, 0.05) is 23.0 Å². The normalized spacial score (nSPS) is 16.5. The van der Waals surface area contributed by atoms with Crippen molar-refractivity contribution in [1.82, 2.24) is 24.3 Å². The number of fused-ring (bicyclic) bond motifs is 2. The number of anilines is 1. The minimum absolute atomic E-state index is 0.0690. The summed E-state index contributed by atoms with van der Waals surface area (Å²) in [6.45, 7) is 4.32. The second-order valence-electron chi connectivity index (χ2n) is 9.95. The zero-order chi connectivity index (χ0) is 26.1. The fraction of sp³-hybridized carbons (Fsp3) is 0.357. The molecule has 3 aliphatic rings. The minimum atomic E-state index is -0.218. The van der Waals surface area contributed by atoms with Crippen LogP contribution in [0.25, 0.3) is 11.4 Å². The highest BCUT2D eigenvalue weighted by Gasteiger charge is 2.40. The third-order valence-electron chi connectivity index (χ3n) is 7.36. The molecule has 0 unspecified atom stereocenters. The van der Waals surface area contributed by atoms with Crippen LogP contribution in [0.3, 0.4) is 0 Å². The van der Waals surface area contributed by atoms with Crippen LogP contribution in [-0.4, -0.2) is 67.1 Å². The molecule has 1 N–H and O–H groups in total. The summed E-state index contributed by atoms with van der Waals surface area (Å²) in [5.74, 6) is 1.86. The number of halogens is 1. The highest BCUT2D eigenvalue weighted by Crippen LogP contribution is 2.37. The molecule has 1 fully saturated rings. The summed E-state index contributed by atoms with van der Waals surface area (Å²) in [4.78, 5) is 14.1. The number of aryl methyl sites for hydroxylation is 1. The fourth-order valence-corrected chi connectivity index (χ4v) is 5.50. The van der Waals surface area contributed by atoms with Gasteiger partial charge in [0.15, 0.2) is 0 Å². The van der Waals surface area contributed by atoms with Crippen LogP contribution in [0.4, 0.5) is 5.69 Å². The van der Waals surface area contributed by atoms with Gasteiger partial charge in [-0.1, -0.05) is 30.7 Å². The Bertz CT molecular complexity index is 1440. The maximum Gasteiger partial charge on any atom is 0.553 e. The van der Waals surface area contributed by atoms with Gasteiger partial charge in [0.25, 0.3) is 5.84 Å². The molecule has 1 radical (unpaired) electrons. The van der Waals surface area contributed by atoms with Crippen molar-refractivity contribution in [2.45, 2.75) is 45.4 Å². The summed E-state index contributed by atoms with van der Waals surface area (Å²) in [7, 11) is 2.18. The molecular weight excluding hydrogens is 497 g/mol. The average Bonchev–Trinajstić information content (AvgIpc) is 3.70. The number of carbonyl (C=O) groups excluding carboxylic acids is 1. The smallest absolute Gasteiger partial charge is 0.329 e. The lowest BCUT2D eigenvalue weighted by molar-refractivity contribution is -0.539. The molecule has 0 aliphatic carbocycles. The lowest BCUT2D eigenvalue weighted by Gasteiger charge is -2.27. The van der Waals surface area contributed by atoms with Crippen LogP contribution in [0.2, 0.25) is 0 Å². The molecule has 10 heteroatoms. The number of hydrogen-bond acceptors (Lipinski definition) is 3. The number of piperidine rings is 1. The molecule has 0 atom stereocenters. The molecule has 1 aromatic carbocycles. The van der Waals surface area contributed by atoms with Crippen molar-refractivity contribution in [3.05, 3.63) is 77.4 Å². The van der Waals surface area contributed by atoms with Gasteiger partial charge in [-0.05, 0) is 68.0 Å². The lowest BCUT2D eigenvalue weighted by Crippen LogP contribution is -2.43. The summed E-state index contributed by atoms with van der Waals surface area (Å²) in [5, 5.41) is 11.7. The number of amidine groups is 1. The Morgan fingerprint density at radius 1 is 1.11 bits per heavy atom. The molecule has 193 valence electrons. The number of benzene rings is 1. The van der Waals surface area contributed by atoms with E-state index in [1.165, 1.54) is 25.1 Å². The largest absolute Gasteiger partial charge is 0.553 e. The quantitative estimate of drug-likeness (QED) is 0.284. The van der Waals surface area contributed by atoms with Crippen LogP contribution in [0.15, 0.2) is 60.4 Å². The number of unbranched alkanes of at least 4 members (excludes halogenated alkanes) is 1. The molecule has 5 heterocycles. The van der Waals surface area contributed by atoms with Gasteiger partial charge >= 0.3 is 7.55 Å². The van der Waals surface area contributed by atoms with E-state index < -0.39 is 0 Å². The predicted molar refractivity (Wildman–Crippen MR) is 151 cm³/mol. The van der Waals surface area contributed by atoms with Crippen LogP contribution in [0.5, 0.6) is 0 Å². The Hall–Kier alpha value is -3.59. The first-order chi connectivity index (χ1) is 18.7. The van der Waals surface area contributed by atoms with Crippen molar-refractivity contribution in [3.63, 3.8) is 0 Å². The Labute approximate surface area is 228 Å². The topological polar surface area (TPSA) is 71.0 Å². The summed E-state index contributed by atoms with van der Waals surface area (Å²) in [6, 6.07) is 12.2.